The van der Waals surface area contributed by atoms with Gasteiger partial charge >= 0.3 is 0 Å². The zero-order chi connectivity index (χ0) is 15.4. The van der Waals surface area contributed by atoms with E-state index in [0.717, 1.165) is 17.7 Å². The molecule has 0 fully saturated rings. The molecule has 21 heavy (non-hydrogen) atoms. The number of rotatable bonds is 5. The first kappa shape index (κ1) is 16.1. The van der Waals surface area contributed by atoms with E-state index in [1.54, 1.807) is 18.2 Å². The summed E-state index contributed by atoms with van der Waals surface area (Å²) in [7, 11) is 0. The smallest absolute Gasteiger partial charge is 0.137 e. The Morgan fingerprint density at radius 3 is 2.48 bits per heavy atom. The maximum absolute atomic E-state index is 14.2. The van der Waals surface area contributed by atoms with Crippen LogP contribution >= 0.6 is 15.9 Å². The number of likely N-dealkylation sites (N-methyl/N-ethyl adjacent to an activating group) is 1. The van der Waals surface area contributed by atoms with Crippen LogP contribution < -0.4 is 5.32 Å². The highest BCUT2D eigenvalue weighted by atomic mass is 79.9. The molecule has 4 heteroatoms. The molecule has 1 atom stereocenters. The number of benzene rings is 2. The number of hydrogen-bond donors (Lipinski definition) is 1. The first-order valence-corrected chi connectivity index (χ1v) is 7.74. The van der Waals surface area contributed by atoms with Crippen molar-refractivity contribution in [3.05, 3.63) is 69.2 Å². The highest BCUT2D eigenvalue weighted by Crippen LogP contribution is 2.24. The Balaban J connectivity index is 2.28. The highest BCUT2D eigenvalue weighted by molar-refractivity contribution is 9.10. The summed E-state index contributed by atoms with van der Waals surface area (Å²) in [5, 5.41) is 3.29. The second kappa shape index (κ2) is 7.14. The van der Waals surface area contributed by atoms with Crippen molar-refractivity contribution in [3.63, 3.8) is 0 Å². The first-order valence-electron chi connectivity index (χ1n) is 6.94. The van der Waals surface area contributed by atoms with E-state index in [0.29, 0.717) is 16.5 Å². The van der Waals surface area contributed by atoms with Crippen LogP contribution in [0.15, 0.2) is 40.9 Å². The van der Waals surface area contributed by atoms with Gasteiger partial charge in [0.1, 0.15) is 11.6 Å². The molecular formula is C17H18BrF2N. The van der Waals surface area contributed by atoms with Crippen LogP contribution in [-0.2, 0) is 6.42 Å². The molecule has 2 rings (SSSR count). The van der Waals surface area contributed by atoms with Crippen molar-refractivity contribution >= 4 is 15.9 Å². The lowest BCUT2D eigenvalue weighted by Gasteiger charge is -2.19. The molecule has 0 bridgehead atoms. The molecule has 0 aliphatic heterocycles. The van der Waals surface area contributed by atoms with E-state index in [2.05, 4.69) is 21.2 Å². The molecule has 0 amide bonds. The standard InChI is InChI=1S/C17H18BrF2N/c1-3-21-17(13-6-4-11(2)8-16(13)20)10-12-5-7-15(19)14(18)9-12/h4-9,17,21H,3,10H2,1-2H3. The van der Waals surface area contributed by atoms with Crippen molar-refractivity contribution in [2.45, 2.75) is 26.3 Å². The lowest BCUT2D eigenvalue weighted by atomic mass is 9.97. The van der Waals surface area contributed by atoms with Gasteiger partial charge in [0.05, 0.1) is 4.47 Å². The van der Waals surface area contributed by atoms with Crippen molar-refractivity contribution in [2.24, 2.45) is 0 Å². The lowest BCUT2D eigenvalue weighted by Crippen LogP contribution is -2.24. The molecule has 1 N–H and O–H groups in total. The quantitative estimate of drug-likeness (QED) is 0.803. The van der Waals surface area contributed by atoms with Gasteiger partial charge in [0, 0.05) is 11.6 Å². The minimum absolute atomic E-state index is 0.132. The predicted molar refractivity (Wildman–Crippen MR) is 85.4 cm³/mol. The molecule has 0 aliphatic carbocycles. The highest BCUT2D eigenvalue weighted by Gasteiger charge is 2.16. The van der Waals surface area contributed by atoms with E-state index < -0.39 is 0 Å². The molecule has 112 valence electrons. The lowest BCUT2D eigenvalue weighted by molar-refractivity contribution is 0.509. The molecule has 2 aromatic carbocycles. The SMILES string of the molecule is CCNC(Cc1ccc(F)c(Br)c1)c1ccc(C)cc1F. The molecule has 0 heterocycles. The second-order valence-electron chi connectivity index (χ2n) is 5.09. The zero-order valence-corrected chi connectivity index (χ0v) is 13.7. The fourth-order valence-corrected chi connectivity index (χ4v) is 2.78. The van der Waals surface area contributed by atoms with Crippen molar-refractivity contribution in [3.8, 4) is 0 Å². The molecule has 0 aromatic heterocycles. The van der Waals surface area contributed by atoms with E-state index in [4.69, 9.17) is 0 Å². The Kier molecular flexibility index (Phi) is 5.48. The Bertz CT molecular complexity index is 628. The number of hydrogen-bond acceptors (Lipinski definition) is 1. The van der Waals surface area contributed by atoms with Gasteiger partial charge in [-0.25, -0.2) is 8.78 Å². The van der Waals surface area contributed by atoms with Crippen LogP contribution in [0.1, 0.15) is 29.7 Å². The molecule has 0 saturated heterocycles. The summed E-state index contributed by atoms with van der Waals surface area (Å²) in [6.07, 6.45) is 0.604. The molecule has 0 saturated carbocycles. The van der Waals surface area contributed by atoms with Crippen molar-refractivity contribution in [1.29, 1.82) is 0 Å². The average molecular weight is 354 g/mol. The van der Waals surface area contributed by atoms with Crippen LogP contribution in [0.5, 0.6) is 0 Å². The summed E-state index contributed by atoms with van der Waals surface area (Å²) in [4.78, 5) is 0. The molecule has 0 spiro atoms. The van der Waals surface area contributed by atoms with Crippen molar-refractivity contribution in [1.82, 2.24) is 5.32 Å². The van der Waals surface area contributed by atoms with E-state index in [1.165, 1.54) is 6.07 Å². The molecule has 1 nitrogen and oxygen atoms in total. The third-order valence-electron chi connectivity index (χ3n) is 3.41. The Morgan fingerprint density at radius 1 is 1.10 bits per heavy atom. The van der Waals surface area contributed by atoms with Crippen LogP contribution in [0.2, 0.25) is 0 Å². The summed E-state index contributed by atoms with van der Waals surface area (Å²) in [5.41, 5.74) is 2.49. The largest absolute Gasteiger partial charge is 0.310 e. The van der Waals surface area contributed by atoms with Crippen molar-refractivity contribution in [2.75, 3.05) is 6.54 Å². The van der Waals surface area contributed by atoms with Gasteiger partial charge in [0.15, 0.2) is 0 Å². The maximum Gasteiger partial charge on any atom is 0.137 e. The Morgan fingerprint density at radius 2 is 1.86 bits per heavy atom. The average Bonchev–Trinajstić information content (AvgIpc) is 2.42. The van der Waals surface area contributed by atoms with Crippen LogP contribution in [0, 0.1) is 18.6 Å². The second-order valence-corrected chi connectivity index (χ2v) is 5.94. The molecule has 0 aliphatic rings. The summed E-state index contributed by atoms with van der Waals surface area (Å²) >= 11 is 3.19. The summed E-state index contributed by atoms with van der Waals surface area (Å²) in [6.45, 7) is 4.59. The Labute approximate surface area is 132 Å². The Hall–Kier alpha value is -1.26. The van der Waals surface area contributed by atoms with Crippen LogP contribution in [0.3, 0.4) is 0 Å². The van der Waals surface area contributed by atoms with Gasteiger partial charge < -0.3 is 5.32 Å². The van der Waals surface area contributed by atoms with Gasteiger partial charge in [-0.05, 0) is 65.1 Å². The van der Waals surface area contributed by atoms with Gasteiger partial charge in [-0.15, -0.1) is 0 Å². The van der Waals surface area contributed by atoms with E-state index in [1.807, 2.05) is 26.0 Å². The topological polar surface area (TPSA) is 12.0 Å². The van der Waals surface area contributed by atoms with Gasteiger partial charge in [-0.3, -0.25) is 0 Å². The first-order chi connectivity index (χ1) is 10.0. The number of halogens is 3. The van der Waals surface area contributed by atoms with Gasteiger partial charge in [-0.1, -0.05) is 25.1 Å². The molecule has 2 aromatic rings. The van der Waals surface area contributed by atoms with E-state index in [-0.39, 0.29) is 17.7 Å². The molecule has 0 radical (unpaired) electrons. The minimum atomic E-state index is -0.291. The van der Waals surface area contributed by atoms with E-state index in [9.17, 15) is 8.78 Å². The van der Waals surface area contributed by atoms with Gasteiger partial charge in [0.25, 0.3) is 0 Å². The molecule has 1 unspecified atom stereocenters. The third-order valence-corrected chi connectivity index (χ3v) is 4.01. The van der Waals surface area contributed by atoms with Gasteiger partial charge in [0.2, 0.25) is 0 Å². The van der Waals surface area contributed by atoms with E-state index >= 15 is 0 Å². The zero-order valence-electron chi connectivity index (χ0n) is 12.1. The fraction of sp³-hybridized carbons (Fsp3) is 0.294. The normalized spacial score (nSPS) is 12.4. The summed E-state index contributed by atoms with van der Waals surface area (Å²) in [6, 6.07) is 10.0. The summed E-state index contributed by atoms with van der Waals surface area (Å²) in [5.74, 6) is -0.498. The van der Waals surface area contributed by atoms with Crippen LogP contribution in [0.4, 0.5) is 8.78 Å². The monoisotopic (exact) mass is 353 g/mol. The van der Waals surface area contributed by atoms with Crippen molar-refractivity contribution < 1.29 is 8.78 Å². The number of nitrogens with one attached hydrogen (secondary N) is 1. The third kappa shape index (κ3) is 4.11. The van der Waals surface area contributed by atoms with Crippen LogP contribution in [0.25, 0.3) is 0 Å². The molecular weight excluding hydrogens is 336 g/mol. The predicted octanol–water partition coefficient (Wildman–Crippen LogP) is 4.93. The summed E-state index contributed by atoms with van der Waals surface area (Å²) < 4.78 is 27.9. The van der Waals surface area contributed by atoms with Gasteiger partial charge in [-0.2, -0.15) is 0 Å². The number of aryl methyl sites for hydroxylation is 1. The fourth-order valence-electron chi connectivity index (χ4n) is 2.36. The van der Waals surface area contributed by atoms with Crippen LogP contribution in [-0.4, -0.2) is 6.54 Å². The maximum atomic E-state index is 14.2. The minimum Gasteiger partial charge on any atom is -0.310 e.